The van der Waals surface area contributed by atoms with E-state index in [2.05, 4.69) is 15.5 Å². The smallest absolute Gasteiger partial charge is 0.339 e. The van der Waals surface area contributed by atoms with Gasteiger partial charge in [0.05, 0.1) is 11.1 Å². The van der Waals surface area contributed by atoms with Crippen LogP contribution >= 0.6 is 0 Å². The molecule has 1 aromatic carbocycles. The summed E-state index contributed by atoms with van der Waals surface area (Å²) in [6.45, 7) is 1.33. The standard InChI is InChI=1S/C19H17N3O4/c1-11-9-16(22-26-11)21-17(23)10-25-19(24)18-12-5-2-3-7-14(12)20-15-8-4-6-13(15)18/h2-3,5,7,9H,4,6,8,10H2,1H3,(H,21,22,23). The van der Waals surface area contributed by atoms with Crippen LogP contribution < -0.4 is 5.32 Å². The topological polar surface area (TPSA) is 94.3 Å². The number of carbonyl (C=O) groups excluding carboxylic acids is 2. The maximum Gasteiger partial charge on any atom is 0.339 e. The van der Waals surface area contributed by atoms with Gasteiger partial charge in [-0.1, -0.05) is 23.4 Å². The van der Waals surface area contributed by atoms with Crippen LogP contribution in [0.3, 0.4) is 0 Å². The summed E-state index contributed by atoms with van der Waals surface area (Å²) in [5, 5.41) is 6.95. The van der Waals surface area contributed by atoms with Gasteiger partial charge in [-0.25, -0.2) is 4.79 Å². The zero-order valence-corrected chi connectivity index (χ0v) is 14.2. The average Bonchev–Trinajstić information content (AvgIpc) is 3.26. The molecule has 7 nitrogen and oxygen atoms in total. The van der Waals surface area contributed by atoms with Crippen LogP contribution in [-0.2, 0) is 22.4 Å². The SMILES string of the molecule is Cc1cc(NC(=O)COC(=O)c2c3c(nc4ccccc24)CCC3)no1. The van der Waals surface area contributed by atoms with E-state index in [1.807, 2.05) is 24.3 Å². The molecule has 26 heavy (non-hydrogen) atoms. The molecule has 0 saturated carbocycles. The van der Waals surface area contributed by atoms with Gasteiger partial charge in [-0.15, -0.1) is 0 Å². The van der Waals surface area contributed by atoms with Crippen molar-refractivity contribution in [1.82, 2.24) is 10.1 Å². The maximum absolute atomic E-state index is 12.7. The fourth-order valence-corrected chi connectivity index (χ4v) is 3.25. The average molecular weight is 351 g/mol. The normalized spacial score (nSPS) is 12.8. The minimum Gasteiger partial charge on any atom is -0.452 e. The van der Waals surface area contributed by atoms with Gasteiger partial charge in [0, 0.05) is 17.1 Å². The van der Waals surface area contributed by atoms with Crippen molar-refractivity contribution in [2.24, 2.45) is 0 Å². The summed E-state index contributed by atoms with van der Waals surface area (Å²) in [5.74, 6) is -0.107. The number of ether oxygens (including phenoxy) is 1. The monoisotopic (exact) mass is 351 g/mol. The van der Waals surface area contributed by atoms with Crippen molar-refractivity contribution >= 4 is 28.6 Å². The minimum absolute atomic E-state index is 0.291. The number of esters is 1. The van der Waals surface area contributed by atoms with Gasteiger partial charge in [0.2, 0.25) is 0 Å². The Morgan fingerprint density at radius 1 is 1.27 bits per heavy atom. The van der Waals surface area contributed by atoms with E-state index in [0.29, 0.717) is 17.1 Å². The zero-order chi connectivity index (χ0) is 18.1. The molecule has 0 spiro atoms. The summed E-state index contributed by atoms with van der Waals surface area (Å²) in [6.07, 6.45) is 2.61. The Morgan fingerprint density at radius 3 is 2.92 bits per heavy atom. The molecule has 132 valence electrons. The summed E-state index contributed by atoms with van der Waals surface area (Å²) in [5.41, 5.74) is 3.16. The number of carbonyl (C=O) groups is 2. The van der Waals surface area contributed by atoms with E-state index < -0.39 is 18.5 Å². The van der Waals surface area contributed by atoms with E-state index in [-0.39, 0.29) is 0 Å². The lowest BCUT2D eigenvalue weighted by atomic mass is 10.0. The first-order valence-corrected chi connectivity index (χ1v) is 8.42. The van der Waals surface area contributed by atoms with E-state index in [9.17, 15) is 9.59 Å². The number of pyridine rings is 1. The first-order chi connectivity index (χ1) is 12.6. The lowest BCUT2D eigenvalue weighted by molar-refractivity contribution is -0.119. The van der Waals surface area contributed by atoms with E-state index >= 15 is 0 Å². The van der Waals surface area contributed by atoms with Gasteiger partial charge < -0.3 is 14.6 Å². The molecule has 0 saturated heterocycles. The van der Waals surface area contributed by atoms with E-state index in [1.165, 1.54) is 0 Å². The molecular formula is C19H17N3O4. The molecule has 0 aliphatic heterocycles. The highest BCUT2D eigenvalue weighted by atomic mass is 16.5. The van der Waals surface area contributed by atoms with Gasteiger partial charge in [-0.05, 0) is 37.8 Å². The summed E-state index contributed by atoms with van der Waals surface area (Å²) >= 11 is 0. The van der Waals surface area contributed by atoms with Crippen molar-refractivity contribution in [2.45, 2.75) is 26.2 Å². The molecule has 1 aliphatic rings. The number of nitrogens with one attached hydrogen (secondary N) is 1. The van der Waals surface area contributed by atoms with Crippen molar-refractivity contribution < 1.29 is 18.8 Å². The number of hydrogen-bond acceptors (Lipinski definition) is 6. The molecule has 0 fully saturated rings. The molecular weight excluding hydrogens is 334 g/mol. The van der Waals surface area contributed by atoms with Gasteiger partial charge in [0.1, 0.15) is 5.76 Å². The van der Waals surface area contributed by atoms with Crippen LogP contribution in [0.25, 0.3) is 10.9 Å². The Hall–Kier alpha value is -3.22. The molecule has 0 atom stereocenters. The molecule has 2 heterocycles. The Labute approximate surface area is 149 Å². The Bertz CT molecular complexity index is 1010. The third-order valence-electron chi connectivity index (χ3n) is 4.35. The van der Waals surface area contributed by atoms with E-state index in [4.69, 9.17) is 9.26 Å². The number of anilines is 1. The number of amides is 1. The molecule has 0 bridgehead atoms. The van der Waals surface area contributed by atoms with E-state index in [0.717, 1.165) is 41.4 Å². The van der Waals surface area contributed by atoms with Crippen molar-refractivity contribution in [2.75, 3.05) is 11.9 Å². The summed E-state index contributed by atoms with van der Waals surface area (Å²) in [6, 6.07) is 9.07. The third-order valence-corrected chi connectivity index (χ3v) is 4.35. The number of benzene rings is 1. The van der Waals surface area contributed by atoms with Crippen LogP contribution in [0, 0.1) is 6.92 Å². The molecule has 3 aromatic rings. The van der Waals surface area contributed by atoms with Gasteiger partial charge in [0.25, 0.3) is 5.91 Å². The maximum atomic E-state index is 12.7. The highest BCUT2D eigenvalue weighted by Crippen LogP contribution is 2.30. The number of nitrogens with zero attached hydrogens (tertiary/aromatic N) is 2. The van der Waals surface area contributed by atoms with Crippen LogP contribution in [0.1, 0.15) is 33.8 Å². The second-order valence-corrected chi connectivity index (χ2v) is 6.23. The fourth-order valence-electron chi connectivity index (χ4n) is 3.25. The number of aromatic nitrogens is 2. The number of hydrogen-bond donors (Lipinski definition) is 1. The summed E-state index contributed by atoms with van der Waals surface area (Å²) in [4.78, 5) is 29.3. The summed E-state index contributed by atoms with van der Waals surface area (Å²) < 4.78 is 10.1. The molecule has 4 rings (SSSR count). The molecule has 1 aliphatic carbocycles. The van der Waals surface area contributed by atoms with Gasteiger partial charge in [0.15, 0.2) is 12.4 Å². The van der Waals surface area contributed by atoms with Gasteiger partial charge >= 0.3 is 5.97 Å². The van der Waals surface area contributed by atoms with Crippen molar-refractivity contribution in [3.8, 4) is 0 Å². The van der Waals surface area contributed by atoms with E-state index in [1.54, 1.807) is 13.0 Å². The van der Waals surface area contributed by atoms with Crippen molar-refractivity contribution in [3.05, 3.63) is 52.9 Å². The highest BCUT2D eigenvalue weighted by Gasteiger charge is 2.25. The highest BCUT2D eigenvalue weighted by molar-refractivity contribution is 6.06. The van der Waals surface area contributed by atoms with Crippen LogP contribution in [0.2, 0.25) is 0 Å². The molecule has 1 N–H and O–H groups in total. The second kappa shape index (κ2) is 6.59. The Morgan fingerprint density at radius 2 is 2.12 bits per heavy atom. The van der Waals surface area contributed by atoms with Gasteiger partial charge in [-0.2, -0.15) is 0 Å². The molecule has 2 aromatic heterocycles. The largest absolute Gasteiger partial charge is 0.452 e. The predicted molar refractivity (Wildman–Crippen MR) is 93.9 cm³/mol. The third kappa shape index (κ3) is 3.03. The van der Waals surface area contributed by atoms with Crippen molar-refractivity contribution in [3.63, 3.8) is 0 Å². The second-order valence-electron chi connectivity index (χ2n) is 6.23. The van der Waals surface area contributed by atoms with Crippen molar-refractivity contribution in [1.29, 1.82) is 0 Å². The Balaban J connectivity index is 1.54. The predicted octanol–water partition coefficient (Wildman–Crippen LogP) is 2.82. The number of fused-ring (bicyclic) bond motifs is 2. The lowest BCUT2D eigenvalue weighted by Crippen LogP contribution is -2.22. The van der Waals surface area contributed by atoms with Crippen LogP contribution in [0.15, 0.2) is 34.9 Å². The molecule has 1 amide bonds. The first kappa shape index (κ1) is 16.3. The zero-order valence-electron chi connectivity index (χ0n) is 14.2. The number of aryl methyl sites for hydroxylation is 2. The molecule has 0 radical (unpaired) electrons. The number of para-hydroxylation sites is 1. The van der Waals surface area contributed by atoms with Gasteiger partial charge in [-0.3, -0.25) is 9.78 Å². The molecule has 0 unspecified atom stereocenters. The van der Waals surface area contributed by atoms with Crippen LogP contribution in [-0.4, -0.2) is 28.6 Å². The van der Waals surface area contributed by atoms with Crippen LogP contribution in [0.5, 0.6) is 0 Å². The van der Waals surface area contributed by atoms with Crippen LogP contribution in [0.4, 0.5) is 5.82 Å². The lowest BCUT2D eigenvalue weighted by Gasteiger charge is -2.12. The fraction of sp³-hybridized carbons (Fsp3) is 0.263. The first-order valence-electron chi connectivity index (χ1n) is 8.42. The summed E-state index contributed by atoms with van der Waals surface area (Å²) in [7, 11) is 0. The Kier molecular flexibility index (Phi) is 4.12. The minimum atomic E-state index is -0.506. The molecule has 7 heteroatoms. The quantitative estimate of drug-likeness (QED) is 0.726. The number of rotatable bonds is 4.